The van der Waals surface area contributed by atoms with E-state index >= 15 is 0 Å². The standard InChI is InChI=1S/C11H16N2O3S/c1-8(7-14)13-10(15)4-5-12-11(16)9-3-2-6-17-9/h2-3,6,8,14H,4-5,7H2,1H3,(H,12,16)(H,13,15)/t8-/m0/s1. The predicted octanol–water partition coefficient (Wildman–Crippen LogP) is 0.365. The molecular weight excluding hydrogens is 240 g/mol. The number of carbonyl (C=O) groups excluding carboxylic acids is 2. The summed E-state index contributed by atoms with van der Waals surface area (Å²) in [6.45, 7) is 1.91. The van der Waals surface area contributed by atoms with Crippen molar-refractivity contribution in [2.75, 3.05) is 13.2 Å². The number of amides is 2. The normalized spacial score (nSPS) is 11.9. The van der Waals surface area contributed by atoms with Gasteiger partial charge in [0.05, 0.1) is 11.5 Å². The molecule has 0 spiro atoms. The van der Waals surface area contributed by atoms with Crippen molar-refractivity contribution in [2.24, 2.45) is 0 Å². The second-order valence-corrected chi connectivity index (χ2v) is 4.58. The third kappa shape index (κ3) is 4.97. The predicted molar refractivity (Wildman–Crippen MR) is 66.0 cm³/mol. The lowest BCUT2D eigenvalue weighted by Crippen LogP contribution is -2.37. The van der Waals surface area contributed by atoms with Crippen LogP contribution in [0, 0.1) is 0 Å². The van der Waals surface area contributed by atoms with Gasteiger partial charge in [-0.3, -0.25) is 9.59 Å². The molecule has 17 heavy (non-hydrogen) atoms. The van der Waals surface area contributed by atoms with Gasteiger partial charge < -0.3 is 15.7 Å². The summed E-state index contributed by atoms with van der Waals surface area (Å²) >= 11 is 1.36. The van der Waals surface area contributed by atoms with Gasteiger partial charge in [0.2, 0.25) is 5.91 Å². The van der Waals surface area contributed by atoms with E-state index in [4.69, 9.17) is 5.11 Å². The SMILES string of the molecule is C[C@@H](CO)NC(=O)CCNC(=O)c1cccs1. The van der Waals surface area contributed by atoms with E-state index in [0.717, 1.165) is 0 Å². The van der Waals surface area contributed by atoms with E-state index in [2.05, 4.69) is 10.6 Å². The molecule has 6 heteroatoms. The Labute approximate surface area is 104 Å². The molecule has 0 aliphatic heterocycles. The zero-order chi connectivity index (χ0) is 12.7. The quantitative estimate of drug-likeness (QED) is 0.688. The number of hydrogen-bond donors (Lipinski definition) is 3. The molecular formula is C11H16N2O3S. The summed E-state index contributed by atoms with van der Waals surface area (Å²) in [5.41, 5.74) is 0. The van der Waals surface area contributed by atoms with Crippen LogP contribution in [0.5, 0.6) is 0 Å². The summed E-state index contributed by atoms with van der Waals surface area (Å²) < 4.78 is 0. The molecule has 3 N–H and O–H groups in total. The summed E-state index contributed by atoms with van der Waals surface area (Å²) in [4.78, 5) is 23.4. The van der Waals surface area contributed by atoms with Gasteiger partial charge in [-0.1, -0.05) is 6.07 Å². The summed E-state index contributed by atoms with van der Waals surface area (Å²) in [6, 6.07) is 3.28. The maximum absolute atomic E-state index is 11.5. The fourth-order valence-corrected chi connectivity index (χ4v) is 1.82. The Kier molecular flexibility index (Phi) is 5.65. The first kappa shape index (κ1) is 13.7. The Morgan fingerprint density at radius 2 is 2.29 bits per heavy atom. The van der Waals surface area contributed by atoms with Gasteiger partial charge >= 0.3 is 0 Å². The lowest BCUT2D eigenvalue weighted by Gasteiger charge is -2.10. The number of thiophene rings is 1. The second-order valence-electron chi connectivity index (χ2n) is 3.63. The van der Waals surface area contributed by atoms with E-state index in [1.165, 1.54) is 11.3 Å². The molecule has 2 amide bonds. The van der Waals surface area contributed by atoms with Crippen molar-refractivity contribution in [3.63, 3.8) is 0 Å². The van der Waals surface area contributed by atoms with E-state index in [1.807, 2.05) is 5.38 Å². The van der Waals surface area contributed by atoms with Crippen LogP contribution in [0.25, 0.3) is 0 Å². The molecule has 0 unspecified atom stereocenters. The highest BCUT2D eigenvalue weighted by Crippen LogP contribution is 2.07. The van der Waals surface area contributed by atoms with Crippen molar-refractivity contribution in [1.29, 1.82) is 0 Å². The fourth-order valence-electron chi connectivity index (χ4n) is 1.18. The molecule has 1 rings (SSSR count). The maximum Gasteiger partial charge on any atom is 0.261 e. The Bertz CT molecular complexity index is 365. The molecule has 0 aromatic carbocycles. The molecule has 94 valence electrons. The molecule has 0 fully saturated rings. The van der Waals surface area contributed by atoms with Gasteiger partial charge in [-0.05, 0) is 18.4 Å². The van der Waals surface area contributed by atoms with Crippen molar-refractivity contribution in [1.82, 2.24) is 10.6 Å². The van der Waals surface area contributed by atoms with Crippen LogP contribution in [0.3, 0.4) is 0 Å². The van der Waals surface area contributed by atoms with Gasteiger partial charge in [0.25, 0.3) is 5.91 Å². The number of aliphatic hydroxyl groups excluding tert-OH is 1. The molecule has 0 saturated heterocycles. The van der Waals surface area contributed by atoms with Crippen LogP contribution in [0.1, 0.15) is 23.0 Å². The van der Waals surface area contributed by atoms with Gasteiger partial charge in [0, 0.05) is 19.0 Å². The minimum Gasteiger partial charge on any atom is -0.394 e. The molecule has 0 aliphatic carbocycles. The van der Waals surface area contributed by atoms with E-state index in [9.17, 15) is 9.59 Å². The Hall–Kier alpha value is -1.40. The van der Waals surface area contributed by atoms with Gasteiger partial charge in [-0.25, -0.2) is 0 Å². The number of nitrogens with one attached hydrogen (secondary N) is 2. The van der Waals surface area contributed by atoms with Crippen molar-refractivity contribution < 1.29 is 14.7 Å². The van der Waals surface area contributed by atoms with E-state index in [1.54, 1.807) is 19.1 Å². The Morgan fingerprint density at radius 3 is 2.88 bits per heavy atom. The summed E-state index contributed by atoms with van der Waals surface area (Å²) in [5.74, 6) is -0.346. The number of hydrogen-bond acceptors (Lipinski definition) is 4. The highest BCUT2D eigenvalue weighted by molar-refractivity contribution is 7.12. The van der Waals surface area contributed by atoms with Crippen LogP contribution in [-0.4, -0.2) is 36.1 Å². The minimum absolute atomic E-state index is 0.0900. The fraction of sp³-hybridized carbons (Fsp3) is 0.455. The van der Waals surface area contributed by atoms with Crippen molar-refractivity contribution in [3.05, 3.63) is 22.4 Å². The van der Waals surface area contributed by atoms with Crippen LogP contribution < -0.4 is 10.6 Å². The third-order valence-corrected chi connectivity index (χ3v) is 2.93. The van der Waals surface area contributed by atoms with Crippen LogP contribution in [-0.2, 0) is 4.79 Å². The summed E-state index contributed by atoms with van der Waals surface area (Å²) in [6.07, 6.45) is 0.210. The lowest BCUT2D eigenvalue weighted by atomic mass is 10.3. The van der Waals surface area contributed by atoms with Gasteiger partial charge in [-0.2, -0.15) is 0 Å². The van der Waals surface area contributed by atoms with Crippen LogP contribution >= 0.6 is 11.3 Å². The third-order valence-electron chi connectivity index (χ3n) is 2.06. The maximum atomic E-state index is 11.5. The highest BCUT2D eigenvalue weighted by atomic mass is 32.1. The van der Waals surface area contributed by atoms with Crippen LogP contribution in [0.15, 0.2) is 17.5 Å². The molecule has 0 radical (unpaired) electrons. The van der Waals surface area contributed by atoms with Gasteiger partial charge in [0.1, 0.15) is 0 Å². The molecule has 1 aromatic rings. The summed E-state index contributed by atoms with van der Waals surface area (Å²) in [7, 11) is 0. The van der Waals surface area contributed by atoms with Gasteiger partial charge in [0.15, 0.2) is 0 Å². The lowest BCUT2D eigenvalue weighted by molar-refractivity contribution is -0.121. The first-order valence-corrected chi connectivity index (χ1v) is 6.23. The number of carbonyl (C=O) groups is 2. The zero-order valence-electron chi connectivity index (χ0n) is 9.60. The molecule has 0 aliphatic rings. The monoisotopic (exact) mass is 256 g/mol. The van der Waals surface area contributed by atoms with Crippen LogP contribution in [0.4, 0.5) is 0 Å². The van der Waals surface area contributed by atoms with Crippen LogP contribution in [0.2, 0.25) is 0 Å². The average molecular weight is 256 g/mol. The largest absolute Gasteiger partial charge is 0.394 e. The van der Waals surface area contributed by atoms with E-state index in [-0.39, 0.29) is 30.9 Å². The molecule has 0 bridgehead atoms. The Balaban J connectivity index is 2.20. The molecule has 0 saturated carbocycles. The van der Waals surface area contributed by atoms with E-state index in [0.29, 0.717) is 11.4 Å². The first-order valence-electron chi connectivity index (χ1n) is 5.35. The Morgan fingerprint density at radius 1 is 1.53 bits per heavy atom. The van der Waals surface area contributed by atoms with Crippen molar-refractivity contribution >= 4 is 23.2 Å². The average Bonchev–Trinajstić information content (AvgIpc) is 2.82. The van der Waals surface area contributed by atoms with Crippen molar-refractivity contribution in [3.8, 4) is 0 Å². The zero-order valence-corrected chi connectivity index (χ0v) is 10.4. The minimum atomic E-state index is -0.254. The molecule has 1 heterocycles. The molecule has 5 nitrogen and oxygen atoms in total. The second kappa shape index (κ2) is 7.03. The molecule has 1 aromatic heterocycles. The number of rotatable bonds is 6. The molecule has 1 atom stereocenters. The summed E-state index contributed by atoms with van der Waals surface area (Å²) in [5, 5.41) is 15.8. The smallest absolute Gasteiger partial charge is 0.261 e. The van der Waals surface area contributed by atoms with Crippen molar-refractivity contribution in [2.45, 2.75) is 19.4 Å². The first-order chi connectivity index (χ1) is 8.13. The highest BCUT2D eigenvalue weighted by Gasteiger charge is 2.08. The topological polar surface area (TPSA) is 78.4 Å². The van der Waals surface area contributed by atoms with Gasteiger partial charge in [-0.15, -0.1) is 11.3 Å². The number of aliphatic hydroxyl groups is 1. The van der Waals surface area contributed by atoms with E-state index < -0.39 is 0 Å².